The number of halogens is 1. The molecule has 0 unspecified atom stereocenters. The van der Waals surface area contributed by atoms with E-state index in [1.807, 2.05) is 6.07 Å². The largest absolute Gasteiger partial charge is 0.354 e. The standard InChI is InChI=1S/C18H13ClN4O2S/c19-14-4-7-17(8-5-14)26(24,25)23-18-9-6-16(12-21-18)22-15-3-1-2-13(10-15)11-20/h1-10,12,22H,(H,21,23). The zero-order valence-electron chi connectivity index (χ0n) is 13.3. The molecule has 0 amide bonds. The number of nitriles is 1. The summed E-state index contributed by atoms with van der Waals surface area (Å²) < 4.78 is 27.0. The van der Waals surface area contributed by atoms with Gasteiger partial charge in [-0.2, -0.15) is 5.26 Å². The minimum atomic E-state index is -3.74. The Balaban J connectivity index is 1.73. The van der Waals surface area contributed by atoms with Crippen molar-refractivity contribution in [2.75, 3.05) is 10.0 Å². The van der Waals surface area contributed by atoms with Crippen LogP contribution in [0.25, 0.3) is 0 Å². The normalized spacial score (nSPS) is 10.8. The van der Waals surface area contributed by atoms with Gasteiger partial charge in [0.2, 0.25) is 0 Å². The van der Waals surface area contributed by atoms with Gasteiger partial charge in [-0.1, -0.05) is 17.7 Å². The molecule has 0 aliphatic carbocycles. The van der Waals surface area contributed by atoms with Gasteiger partial charge < -0.3 is 5.32 Å². The number of nitrogens with zero attached hydrogens (tertiary/aromatic N) is 2. The molecule has 1 heterocycles. The number of aromatic nitrogens is 1. The van der Waals surface area contributed by atoms with E-state index in [2.05, 4.69) is 21.1 Å². The fourth-order valence-corrected chi connectivity index (χ4v) is 3.31. The van der Waals surface area contributed by atoms with Gasteiger partial charge in [-0.3, -0.25) is 4.72 Å². The number of pyridine rings is 1. The average Bonchev–Trinajstić information content (AvgIpc) is 2.64. The molecule has 2 N–H and O–H groups in total. The van der Waals surface area contributed by atoms with Crippen LogP contribution in [-0.2, 0) is 10.0 Å². The molecule has 0 bridgehead atoms. The Morgan fingerprint density at radius 3 is 2.42 bits per heavy atom. The Morgan fingerprint density at radius 2 is 1.77 bits per heavy atom. The fraction of sp³-hybridized carbons (Fsp3) is 0. The highest BCUT2D eigenvalue weighted by molar-refractivity contribution is 7.92. The third-order valence-electron chi connectivity index (χ3n) is 3.41. The first-order valence-electron chi connectivity index (χ1n) is 7.48. The van der Waals surface area contributed by atoms with Crippen molar-refractivity contribution in [1.82, 2.24) is 4.98 Å². The molecule has 3 rings (SSSR count). The molecule has 3 aromatic rings. The molecule has 0 radical (unpaired) electrons. The predicted octanol–water partition coefficient (Wildman–Crippen LogP) is 4.15. The highest BCUT2D eigenvalue weighted by atomic mass is 35.5. The zero-order valence-corrected chi connectivity index (χ0v) is 14.9. The summed E-state index contributed by atoms with van der Waals surface area (Å²) in [5.74, 6) is 0.191. The van der Waals surface area contributed by atoms with Gasteiger partial charge in [-0.15, -0.1) is 0 Å². The molecule has 130 valence electrons. The molecule has 0 spiro atoms. The summed E-state index contributed by atoms with van der Waals surface area (Å²) in [5, 5.41) is 12.5. The van der Waals surface area contributed by atoms with Crippen LogP contribution in [-0.4, -0.2) is 13.4 Å². The quantitative estimate of drug-likeness (QED) is 0.689. The third kappa shape index (κ3) is 4.30. The Hall–Kier alpha value is -3.08. The van der Waals surface area contributed by atoms with Crippen LogP contribution in [0.3, 0.4) is 0 Å². The first-order valence-corrected chi connectivity index (χ1v) is 9.34. The Bertz CT molecular complexity index is 1060. The summed E-state index contributed by atoms with van der Waals surface area (Å²) >= 11 is 5.77. The molecule has 2 aromatic carbocycles. The zero-order chi connectivity index (χ0) is 18.6. The van der Waals surface area contributed by atoms with E-state index in [0.717, 1.165) is 5.69 Å². The smallest absolute Gasteiger partial charge is 0.263 e. The lowest BCUT2D eigenvalue weighted by Crippen LogP contribution is -2.13. The summed E-state index contributed by atoms with van der Waals surface area (Å²) in [6.07, 6.45) is 1.50. The van der Waals surface area contributed by atoms with Gasteiger partial charge in [-0.25, -0.2) is 13.4 Å². The number of nitrogens with one attached hydrogen (secondary N) is 2. The maximum absolute atomic E-state index is 12.3. The maximum Gasteiger partial charge on any atom is 0.263 e. The first-order chi connectivity index (χ1) is 12.5. The molecule has 26 heavy (non-hydrogen) atoms. The van der Waals surface area contributed by atoms with Crippen molar-refractivity contribution in [3.63, 3.8) is 0 Å². The first kappa shape index (κ1) is 17.7. The van der Waals surface area contributed by atoms with Gasteiger partial charge in [0.25, 0.3) is 10.0 Å². The Kier molecular flexibility index (Phi) is 5.07. The van der Waals surface area contributed by atoms with Crippen LogP contribution in [0, 0.1) is 11.3 Å². The van der Waals surface area contributed by atoms with Crippen LogP contribution in [0.15, 0.2) is 71.8 Å². The molecule has 8 heteroatoms. The maximum atomic E-state index is 12.3. The molecule has 0 aliphatic rings. The summed E-state index contributed by atoms with van der Waals surface area (Å²) in [5.41, 5.74) is 1.94. The van der Waals surface area contributed by atoms with Crippen LogP contribution in [0.1, 0.15) is 5.56 Å². The Labute approximate surface area is 156 Å². The van der Waals surface area contributed by atoms with Crippen molar-refractivity contribution in [1.29, 1.82) is 5.26 Å². The van der Waals surface area contributed by atoms with Gasteiger partial charge >= 0.3 is 0 Å². The predicted molar refractivity (Wildman–Crippen MR) is 101 cm³/mol. The second kappa shape index (κ2) is 7.44. The van der Waals surface area contributed by atoms with Crippen molar-refractivity contribution in [3.8, 4) is 6.07 Å². The van der Waals surface area contributed by atoms with Gasteiger partial charge in [0, 0.05) is 10.7 Å². The Morgan fingerprint density at radius 1 is 1.00 bits per heavy atom. The minimum Gasteiger partial charge on any atom is -0.354 e. The topological polar surface area (TPSA) is 94.9 Å². The lowest BCUT2D eigenvalue weighted by atomic mass is 10.2. The molecule has 1 aromatic heterocycles. The van der Waals surface area contributed by atoms with Crippen molar-refractivity contribution < 1.29 is 8.42 Å². The van der Waals surface area contributed by atoms with Gasteiger partial charge in [0.05, 0.1) is 28.4 Å². The van der Waals surface area contributed by atoms with Crippen LogP contribution in [0.2, 0.25) is 5.02 Å². The van der Waals surface area contributed by atoms with E-state index in [1.54, 1.807) is 30.3 Å². The summed E-state index contributed by atoms with van der Waals surface area (Å²) in [6, 6.07) is 18.1. The van der Waals surface area contributed by atoms with E-state index in [1.165, 1.54) is 30.5 Å². The van der Waals surface area contributed by atoms with Gasteiger partial charge in [-0.05, 0) is 54.6 Å². The molecule has 0 atom stereocenters. The molecule has 0 aliphatic heterocycles. The number of rotatable bonds is 5. The van der Waals surface area contributed by atoms with E-state index in [-0.39, 0.29) is 10.7 Å². The number of hydrogen-bond acceptors (Lipinski definition) is 5. The fourth-order valence-electron chi connectivity index (χ4n) is 2.17. The van der Waals surface area contributed by atoms with Crippen molar-refractivity contribution in [2.45, 2.75) is 4.90 Å². The van der Waals surface area contributed by atoms with Gasteiger partial charge in [0.15, 0.2) is 0 Å². The third-order valence-corrected chi connectivity index (χ3v) is 5.03. The number of benzene rings is 2. The van der Waals surface area contributed by atoms with E-state index in [4.69, 9.17) is 16.9 Å². The average molecular weight is 385 g/mol. The van der Waals surface area contributed by atoms with Crippen molar-refractivity contribution >= 4 is 38.8 Å². The monoisotopic (exact) mass is 384 g/mol. The van der Waals surface area contributed by atoms with Crippen molar-refractivity contribution in [3.05, 3.63) is 77.4 Å². The molecule has 0 saturated carbocycles. The summed E-state index contributed by atoms with van der Waals surface area (Å²) in [4.78, 5) is 4.20. The molecule has 0 fully saturated rings. The van der Waals surface area contributed by atoms with Gasteiger partial charge in [0.1, 0.15) is 5.82 Å². The highest BCUT2D eigenvalue weighted by Gasteiger charge is 2.14. The summed E-state index contributed by atoms with van der Waals surface area (Å²) in [7, 11) is -3.74. The van der Waals surface area contributed by atoms with E-state index in [0.29, 0.717) is 16.3 Å². The molecule has 6 nitrogen and oxygen atoms in total. The molecular weight excluding hydrogens is 372 g/mol. The van der Waals surface area contributed by atoms with E-state index >= 15 is 0 Å². The summed E-state index contributed by atoms with van der Waals surface area (Å²) in [6.45, 7) is 0. The lowest BCUT2D eigenvalue weighted by molar-refractivity contribution is 0.601. The lowest BCUT2D eigenvalue weighted by Gasteiger charge is -2.09. The van der Waals surface area contributed by atoms with E-state index in [9.17, 15) is 8.42 Å². The number of hydrogen-bond donors (Lipinski definition) is 2. The van der Waals surface area contributed by atoms with Crippen LogP contribution >= 0.6 is 11.6 Å². The highest BCUT2D eigenvalue weighted by Crippen LogP contribution is 2.20. The molecular formula is C18H13ClN4O2S. The van der Waals surface area contributed by atoms with Crippen LogP contribution in [0.4, 0.5) is 17.2 Å². The van der Waals surface area contributed by atoms with E-state index < -0.39 is 10.0 Å². The van der Waals surface area contributed by atoms with Crippen molar-refractivity contribution in [2.24, 2.45) is 0 Å². The number of anilines is 3. The second-order valence-electron chi connectivity index (χ2n) is 5.31. The second-order valence-corrected chi connectivity index (χ2v) is 7.43. The SMILES string of the molecule is N#Cc1cccc(Nc2ccc(NS(=O)(=O)c3ccc(Cl)cc3)nc2)c1. The number of sulfonamides is 1. The molecule has 0 saturated heterocycles. The van der Waals surface area contributed by atoms with Crippen LogP contribution in [0.5, 0.6) is 0 Å². The minimum absolute atomic E-state index is 0.0965. The van der Waals surface area contributed by atoms with Crippen LogP contribution < -0.4 is 10.0 Å².